The van der Waals surface area contributed by atoms with Gasteiger partial charge in [-0.25, -0.2) is 4.79 Å². The summed E-state index contributed by atoms with van der Waals surface area (Å²) in [6.45, 7) is 2.29. The standard InChI is InChI=1S/C17H19N5O3/c1-11-7-14(21-25-11)9-19-17(24)20-13-4-3-12-5-6-22(15(12)8-13)10-16(23)18-2/h3-8H,9-10H2,1-2H3,(H,18,23)(H2,19,20,24). The average Bonchev–Trinajstić information content (AvgIpc) is 3.19. The van der Waals surface area contributed by atoms with Crippen molar-refractivity contribution in [2.45, 2.75) is 20.0 Å². The van der Waals surface area contributed by atoms with Crippen LogP contribution in [-0.2, 0) is 17.9 Å². The number of anilines is 1. The Hall–Kier alpha value is -3.29. The second-order valence-electron chi connectivity index (χ2n) is 5.63. The minimum atomic E-state index is -0.343. The van der Waals surface area contributed by atoms with Gasteiger partial charge in [-0.1, -0.05) is 11.2 Å². The minimum Gasteiger partial charge on any atom is -0.361 e. The van der Waals surface area contributed by atoms with Crippen molar-refractivity contribution in [1.82, 2.24) is 20.4 Å². The van der Waals surface area contributed by atoms with Crippen LogP contribution in [0.1, 0.15) is 11.5 Å². The zero-order valence-corrected chi connectivity index (χ0v) is 14.0. The van der Waals surface area contributed by atoms with E-state index in [2.05, 4.69) is 21.1 Å². The van der Waals surface area contributed by atoms with Crippen LogP contribution in [0.2, 0.25) is 0 Å². The fraction of sp³-hybridized carbons (Fsp3) is 0.235. The Balaban J connectivity index is 1.67. The molecule has 0 aliphatic heterocycles. The number of urea groups is 1. The molecule has 8 nitrogen and oxygen atoms in total. The summed E-state index contributed by atoms with van der Waals surface area (Å²) in [5, 5.41) is 12.9. The maximum absolute atomic E-state index is 12.0. The number of benzene rings is 1. The summed E-state index contributed by atoms with van der Waals surface area (Å²) in [7, 11) is 1.60. The summed E-state index contributed by atoms with van der Waals surface area (Å²) < 4.78 is 6.78. The number of aromatic nitrogens is 2. The van der Waals surface area contributed by atoms with Gasteiger partial charge in [0.2, 0.25) is 5.91 Å². The van der Waals surface area contributed by atoms with E-state index in [9.17, 15) is 9.59 Å². The van der Waals surface area contributed by atoms with Gasteiger partial charge >= 0.3 is 6.03 Å². The summed E-state index contributed by atoms with van der Waals surface area (Å²) in [5.74, 6) is 0.607. The van der Waals surface area contributed by atoms with E-state index in [1.54, 1.807) is 20.0 Å². The molecule has 1 aromatic carbocycles. The van der Waals surface area contributed by atoms with Crippen molar-refractivity contribution < 1.29 is 14.1 Å². The van der Waals surface area contributed by atoms with Gasteiger partial charge in [0.05, 0.1) is 12.1 Å². The molecule has 0 aliphatic carbocycles. The summed E-state index contributed by atoms with van der Waals surface area (Å²) in [4.78, 5) is 23.6. The normalized spacial score (nSPS) is 10.6. The van der Waals surface area contributed by atoms with Crippen LogP contribution in [0, 0.1) is 6.92 Å². The Morgan fingerprint density at radius 1 is 1.24 bits per heavy atom. The van der Waals surface area contributed by atoms with Gasteiger partial charge in [-0.3, -0.25) is 4.79 Å². The molecule has 3 aromatic rings. The summed E-state index contributed by atoms with van der Waals surface area (Å²) in [5.41, 5.74) is 2.16. The van der Waals surface area contributed by atoms with E-state index in [1.807, 2.05) is 35.0 Å². The molecule has 0 fully saturated rings. The Morgan fingerprint density at radius 2 is 2.08 bits per heavy atom. The highest BCUT2D eigenvalue weighted by atomic mass is 16.5. The van der Waals surface area contributed by atoms with Crippen molar-refractivity contribution in [3.05, 3.63) is 48.0 Å². The molecule has 25 heavy (non-hydrogen) atoms. The number of nitrogens with zero attached hydrogens (tertiary/aromatic N) is 2. The topological polar surface area (TPSA) is 101 Å². The fourth-order valence-corrected chi connectivity index (χ4v) is 2.48. The van der Waals surface area contributed by atoms with Crippen LogP contribution in [0.5, 0.6) is 0 Å². The number of carbonyl (C=O) groups excluding carboxylic acids is 2. The van der Waals surface area contributed by atoms with E-state index in [0.717, 1.165) is 10.9 Å². The molecule has 0 atom stereocenters. The lowest BCUT2D eigenvalue weighted by Crippen LogP contribution is -2.28. The number of likely N-dealkylation sites (N-methyl/N-ethyl adjacent to an activating group) is 1. The monoisotopic (exact) mass is 341 g/mol. The molecule has 0 spiro atoms. The molecule has 130 valence electrons. The molecule has 2 aromatic heterocycles. The van der Waals surface area contributed by atoms with Gasteiger partial charge in [0.15, 0.2) is 0 Å². The summed E-state index contributed by atoms with van der Waals surface area (Å²) in [6, 6.07) is 8.88. The molecule has 0 unspecified atom stereocenters. The first-order valence-corrected chi connectivity index (χ1v) is 7.81. The average molecular weight is 341 g/mol. The van der Waals surface area contributed by atoms with Crippen molar-refractivity contribution in [2.75, 3.05) is 12.4 Å². The van der Waals surface area contributed by atoms with E-state index in [4.69, 9.17) is 4.52 Å². The predicted molar refractivity (Wildman–Crippen MR) is 93.1 cm³/mol. The Morgan fingerprint density at radius 3 is 2.80 bits per heavy atom. The maximum atomic E-state index is 12.0. The lowest BCUT2D eigenvalue weighted by molar-refractivity contribution is -0.121. The third-order valence-corrected chi connectivity index (χ3v) is 3.73. The van der Waals surface area contributed by atoms with E-state index < -0.39 is 0 Å². The molecule has 3 amide bonds. The van der Waals surface area contributed by atoms with E-state index in [1.165, 1.54) is 0 Å². The highest BCUT2D eigenvalue weighted by Gasteiger charge is 2.08. The van der Waals surface area contributed by atoms with E-state index >= 15 is 0 Å². The molecule has 0 bridgehead atoms. The molecular formula is C17H19N5O3. The number of rotatable bonds is 5. The number of fused-ring (bicyclic) bond motifs is 1. The fourth-order valence-electron chi connectivity index (χ4n) is 2.48. The zero-order valence-electron chi connectivity index (χ0n) is 14.0. The molecular weight excluding hydrogens is 322 g/mol. The SMILES string of the molecule is CNC(=O)Cn1ccc2ccc(NC(=O)NCc3cc(C)on3)cc21. The molecule has 2 heterocycles. The first kappa shape index (κ1) is 16.6. The molecule has 8 heteroatoms. The zero-order chi connectivity index (χ0) is 17.8. The van der Waals surface area contributed by atoms with Crippen LogP contribution in [0.25, 0.3) is 10.9 Å². The van der Waals surface area contributed by atoms with Gasteiger partial charge in [0.1, 0.15) is 18.0 Å². The third kappa shape index (κ3) is 3.97. The number of hydrogen-bond donors (Lipinski definition) is 3. The van der Waals surface area contributed by atoms with Gasteiger partial charge in [0, 0.05) is 25.0 Å². The largest absolute Gasteiger partial charge is 0.361 e. The van der Waals surface area contributed by atoms with E-state index in [-0.39, 0.29) is 25.0 Å². The van der Waals surface area contributed by atoms with Crippen molar-refractivity contribution in [2.24, 2.45) is 0 Å². The van der Waals surface area contributed by atoms with Gasteiger partial charge in [0.25, 0.3) is 0 Å². The summed E-state index contributed by atoms with van der Waals surface area (Å²) in [6.07, 6.45) is 1.84. The minimum absolute atomic E-state index is 0.0866. The highest BCUT2D eigenvalue weighted by molar-refractivity contribution is 5.93. The van der Waals surface area contributed by atoms with Crippen LogP contribution in [-0.4, -0.2) is 28.7 Å². The molecule has 3 N–H and O–H groups in total. The van der Waals surface area contributed by atoms with Crippen molar-refractivity contribution >= 4 is 28.5 Å². The Labute approximate surface area is 144 Å². The first-order chi connectivity index (χ1) is 12.0. The van der Waals surface area contributed by atoms with Gasteiger partial charge in [-0.05, 0) is 30.5 Å². The lowest BCUT2D eigenvalue weighted by Gasteiger charge is -2.08. The van der Waals surface area contributed by atoms with Crippen LogP contribution in [0.3, 0.4) is 0 Å². The van der Waals surface area contributed by atoms with Gasteiger partial charge in [-0.15, -0.1) is 0 Å². The second-order valence-corrected chi connectivity index (χ2v) is 5.63. The number of amides is 3. The third-order valence-electron chi connectivity index (χ3n) is 3.73. The van der Waals surface area contributed by atoms with Crippen molar-refractivity contribution in [1.29, 1.82) is 0 Å². The number of hydrogen-bond acceptors (Lipinski definition) is 4. The maximum Gasteiger partial charge on any atom is 0.319 e. The smallest absolute Gasteiger partial charge is 0.319 e. The number of carbonyl (C=O) groups is 2. The van der Waals surface area contributed by atoms with Crippen LogP contribution < -0.4 is 16.0 Å². The highest BCUT2D eigenvalue weighted by Crippen LogP contribution is 2.20. The molecule has 0 saturated heterocycles. The molecule has 0 radical (unpaired) electrons. The molecule has 3 rings (SSSR count). The quantitative estimate of drug-likeness (QED) is 0.661. The summed E-state index contributed by atoms with van der Waals surface area (Å²) >= 11 is 0. The van der Waals surface area contributed by atoms with Crippen LogP contribution in [0.15, 0.2) is 41.1 Å². The lowest BCUT2D eigenvalue weighted by atomic mass is 10.2. The van der Waals surface area contributed by atoms with Crippen molar-refractivity contribution in [3.63, 3.8) is 0 Å². The van der Waals surface area contributed by atoms with Gasteiger partial charge < -0.3 is 25.0 Å². The van der Waals surface area contributed by atoms with Crippen molar-refractivity contribution in [3.8, 4) is 0 Å². The van der Waals surface area contributed by atoms with Crippen LogP contribution >= 0.6 is 0 Å². The second kappa shape index (κ2) is 7.08. The predicted octanol–water partition coefficient (Wildman–Crippen LogP) is 2.01. The van der Waals surface area contributed by atoms with E-state index in [0.29, 0.717) is 17.1 Å². The van der Waals surface area contributed by atoms with Gasteiger partial charge in [-0.2, -0.15) is 0 Å². The molecule has 0 saturated carbocycles. The number of aryl methyl sites for hydroxylation is 1. The Bertz CT molecular complexity index is 912. The van der Waals surface area contributed by atoms with Crippen LogP contribution in [0.4, 0.5) is 10.5 Å². The first-order valence-electron chi connectivity index (χ1n) is 7.81. The number of nitrogens with one attached hydrogen (secondary N) is 3. The Kier molecular flexibility index (Phi) is 4.69. The molecule has 0 aliphatic rings.